The van der Waals surface area contributed by atoms with Crippen LogP contribution in [0.4, 0.5) is 10.5 Å². The Morgan fingerprint density at radius 2 is 1.95 bits per heavy atom. The Morgan fingerprint density at radius 3 is 2.45 bits per heavy atom. The Bertz CT molecular complexity index is 637. The average molecular weight is 350 g/mol. The lowest BCUT2D eigenvalue weighted by Crippen LogP contribution is -2.27. The molecule has 0 aromatic heterocycles. The van der Waals surface area contributed by atoms with Gasteiger partial charge in [0.1, 0.15) is 11.4 Å². The minimum atomic E-state index is -3.55. The number of hydrogen-bond donors (Lipinski definition) is 1. The van der Waals surface area contributed by atoms with E-state index in [0.29, 0.717) is 11.4 Å². The van der Waals surface area contributed by atoms with E-state index in [1.165, 1.54) is 7.11 Å². The third-order valence-electron chi connectivity index (χ3n) is 2.54. The zero-order chi connectivity index (χ0) is 17.0. The first-order valence-electron chi connectivity index (χ1n) is 6.59. The van der Waals surface area contributed by atoms with Gasteiger partial charge in [-0.2, -0.15) is 0 Å². The number of ether oxygens (including phenoxy) is 2. The molecule has 0 spiro atoms. The number of rotatable bonds is 5. The number of anilines is 1. The second-order valence-electron chi connectivity index (χ2n) is 5.65. The first-order valence-corrected chi connectivity index (χ1v) is 9.07. The van der Waals surface area contributed by atoms with Crippen LogP contribution in [0.5, 0.6) is 5.75 Å². The highest BCUT2D eigenvalue weighted by Gasteiger charge is 2.17. The minimum absolute atomic E-state index is 0.170. The Labute approximate surface area is 135 Å². The van der Waals surface area contributed by atoms with Gasteiger partial charge in [0, 0.05) is 10.7 Å². The molecule has 124 valence electrons. The van der Waals surface area contributed by atoms with Crippen LogP contribution >= 0.6 is 10.7 Å². The van der Waals surface area contributed by atoms with Crippen molar-refractivity contribution in [2.75, 3.05) is 18.2 Å². The lowest BCUT2D eigenvalue weighted by atomic mass is 10.1. The first-order chi connectivity index (χ1) is 10.00. The Morgan fingerprint density at radius 1 is 1.32 bits per heavy atom. The van der Waals surface area contributed by atoms with E-state index in [0.717, 1.165) is 5.56 Å². The van der Waals surface area contributed by atoms with E-state index in [4.69, 9.17) is 20.2 Å². The van der Waals surface area contributed by atoms with Gasteiger partial charge >= 0.3 is 6.09 Å². The van der Waals surface area contributed by atoms with Crippen LogP contribution < -0.4 is 10.1 Å². The molecule has 8 heteroatoms. The summed E-state index contributed by atoms with van der Waals surface area (Å²) in [5, 5.41) is 2.59. The van der Waals surface area contributed by atoms with Crippen molar-refractivity contribution in [3.8, 4) is 5.75 Å². The lowest BCUT2D eigenvalue weighted by Gasteiger charge is -2.20. The van der Waals surface area contributed by atoms with E-state index in [-0.39, 0.29) is 12.2 Å². The van der Waals surface area contributed by atoms with Gasteiger partial charge in [-0.3, -0.25) is 5.32 Å². The third kappa shape index (κ3) is 7.00. The Balaban J connectivity index is 2.83. The van der Waals surface area contributed by atoms with Crippen molar-refractivity contribution in [3.63, 3.8) is 0 Å². The van der Waals surface area contributed by atoms with E-state index in [9.17, 15) is 13.2 Å². The van der Waals surface area contributed by atoms with Gasteiger partial charge in [-0.25, -0.2) is 13.2 Å². The van der Waals surface area contributed by atoms with Crippen molar-refractivity contribution >= 4 is 31.5 Å². The monoisotopic (exact) mass is 349 g/mol. The number of hydrogen-bond acceptors (Lipinski definition) is 5. The number of carbonyl (C=O) groups excluding carboxylic acids is 1. The summed E-state index contributed by atoms with van der Waals surface area (Å²) in [7, 11) is 3.09. The number of aryl methyl sites for hydroxylation is 1. The summed E-state index contributed by atoms with van der Waals surface area (Å²) in [6.07, 6.45) is -0.337. The fourth-order valence-electron chi connectivity index (χ4n) is 1.65. The number of methoxy groups -OCH3 is 1. The van der Waals surface area contributed by atoms with Crippen molar-refractivity contribution in [2.24, 2.45) is 0 Å². The summed E-state index contributed by atoms with van der Waals surface area (Å²) < 4.78 is 32.3. The van der Waals surface area contributed by atoms with Crippen molar-refractivity contribution in [3.05, 3.63) is 23.8 Å². The summed E-state index contributed by atoms with van der Waals surface area (Å²) in [4.78, 5) is 11.8. The fourth-order valence-corrected chi connectivity index (χ4v) is 2.36. The molecule has 0 heterocycles. The predicted molar refractivity (Wildman–Crippen MR) is 86.2 cm³/mol. The third-order valence-corrected chi connectivity index (χ3v) is 3.69. The predicted octanol–water partition coefficient (Wildman–Crippen LogP) is 3.15. The maximum atomic E-state index is 11.8. The topological polar surface area (TPSA) is 81.7 Å². The van der Waals surface area contributed by atoms with Crippen LogP contribution in [0, 0.1) is 0 Å². The van der Waals surface area contributed by atoms with Crippen LogP contribution in [0.15, 0.2) is 18.2 Å². The molecule has 6 nitrogen and oxygen atoms in total. The number of nitrogens with one attached hydrogen (secondary N) is 1. The van der Waals surface area contributed by atoms with Crippen LogP contribution in [0.2, 0.25) is 0 Å². The van der Waals surface area contributed by atoms with Crippen molar-refractivity contribution < 1.29 is 22.7 Å². The summed E-state index contributed by atoms with van der Waals surface area (Å²) in [6.45, 7) is 5.29. The summed E-state index contributed by atoms with van der Waals surface area (Å²) in [5.74, 6) is 0.242. The zero-order valence-corrected chi connectivity index (χ0v) is 14.5. The highest BCUT2D eigenvalue weighted by atomic mass is 35.7. The van der Waals surface area contributed by atoms with Gasteiger partial charge in [-0.1, -0.05) is 6.07 Å². The van der Waals surface area contributed by atoms with Crippen LogP contribution in [0.1, 0.15) is 26.3 Å². The van der Waals surface area contributed by atoms with Crippen LogP contribution in [0.3, 0.4) is 0 Å². The van der Waals surface area contributed by atoms with E-state index in [1.807, 2.05) is 0 Å². The Hall–Kier alpha value is -1.47. The molecule has 0 aliphatic carbocycles. The molecule has 1 aromatic carbocycles. The molecule has 1 amide bonds. The van der Waals surface area contributed by atoms with Crippen LogP contribution in [0.25, 0.3) is 0 Å². The summed E-state index contributed by atoms with van der Waals surface area (Å²) in [5.41, 5.74) is 0.566. The minimum Gasteiger partial charge on any atom is -0.495 e. The maximum absolute atomic E-state index is 11.8. The molecule has 0 aliphatic heterocycles. The van der Waals surface area contributed by atoms with E-state index < -0.39 is 20.7 Å². The largest absolute Gasteiger partial charge is 0.495 e. The van der Waals surface area contributed by atoms with Gasteiger partial charge in [0.2, 0.25) is 9.05 Å². The number of halogens is 1. The first kappa shape index (κ1) is 18.6. The van der Waals surface area contributed by atoms with Crippen LogP contribution in [-0.2, 0) is 20.2 Å². The molecule has 0 saturated heterocycles. The molecule has 1 rings (SSSR count). The van der Waals surface area contributed by atoms with Gasteiger partial charge in [-0.05, 0) is 44.9 Å². The van der Waals surface area contributed by atoms with Crippen molar-refractivity contribution in [1.82, 2.24) is 0 Å². The lowest BCUT2D eigenvalue weighted by molar-refractivity contribution is 0.0635. The second-order valence-corrected chi connectivity index (χ2v) is 8.55. The average Bonchev–Trinajstić information content (AvgIpc) is 2.34. The number of amides is 1. The molecule has 0 bridgehead atoms. The molecule has 0 radical (unpaired) electrons. The van der Waals surface area contributed by atoms with Gasteiger partial charge in [0.25, 0.3) is 0 Å². The smallest absolute Gasteiger partial charge is 0.412 e. The number of carbonyl (C=O) groups is 1. The van der Waals surface area contributed by atoms with Gasteiger partial charge in [0.05, 0.1) is 18.6 Å². The molecule has 0 atom stereocenters. The highest BCUT2D eigenvalue weighted by Crippen LogP contribution is 2.26. The zero-order valence-electron chi connectivity index (χ0n) is 13.0. The summed E-state index contributed by atoms with van der Waals surface area (Å²) >= 11 is 0. The molecule has 1 N–H and O–H groups in total. The molecule has 0 fully saturated rings. The number of benzene rings is 1. The normalized spacial score (nSPS) is 11.9. The maximum Gasteiger partial charge on any atom is 0.412 e. The molecular weight excluding hydrogens is 330 g/mol. The molecule has 0 saturated carbocycles. The van der Waals surface area contributed by atoms with Gasteiger partial charge in [0.15, 0.2) is 0 Å². The Kier molecular flexibility index (Phi) is 6.08. The quantitative estimate of drug-likeness (QED) is 0.826. The van der Waals surface area contributed by atoms with E-state index >= 15 is 0 Å². The SMILES string of the molecule is COc1cc(CCS(=O)(=O)Cl)ccc1NC(=O)OC(C)(C)C. The van der Waals surface area contributed by atoms with Gasteiger partial charge < -0.3 is 9.47 Å². The van der Waals surface area contributed by atoms with Crippen LogP contribution in [-0.4, -0.2) is 33.0 Å². The fraction of sp³-hybridized carbons (Fsp3) is 0.500. The summed E-state index contributed by atoms with van der Waals surface area (Å²) in [6, 6.07) is 4.96. The van der Waals surface area contributed by atoms with Gasteiger partial charge in [-0.15, -0.1) is 0 Å². The van der Waals surface area contributed by atoms with E-state index in [2.05, 4.69) is 5.32 Å². The highest BCUT2D eigenvalue weighted by molar-refractivity contribution is 8.13. The molecule has 22 heavy (non-hydrogen) atoms. The van der Waals surface area contributed by atoms with Crippen molar-refractivity contribution in [1.29, 1.82) is 0 Å². The standard InChI is InChI=1S/C14H20ClNO5S/c1-14(2,3)21-13(17)16-11-6-5-10(9-12(11)20-4)7-8-22(15,18)19/h5-6,9H,7-8H2,1-4H3,(H,16,17). The van der Waals surface area contributed by atoms with E-state index in [1.54, 1.807) is 39.0 Å². The molecule has 1 aromatic rings. The molecule has 0 aliphatic rings. The second kappa shape index (κ2) is 7.19. The molecular formula is C14H20ClNO5S. The van der Waals surface area contributed by atoms with Crippen molar-refractivity contribution in [2.45, 2.75) is 32.8 Å². The molecule has 0 unspecified atom stereocenters.